The highest BCUT2D eigenvalue weighted by molar-refractivity contribution is 6.03. The Morgan fingerprint density at radius 1 is 1.24 bits per heavy atom. The van der Waals surface area contributed by atoms with E-state index in [4.69, 9.17) is 9.15 Å². The van der Waals surface area contributed by atoms with Crippen molar-refractivity contribution in [2.75, 3.05) is 13.2 Å². The number of esters is 1. The van der Waals surface area contributed by atoms with E-state index in [2.05, 4.69) is 9.72 Å². The molecule has 0 atom stereocenters. The lowest BCUT2D eigenvalue weighted by atomic mass is 10.2. The van der Waals surface area contributed by atoms with Crippen LogP contribution in [0.2, 0.25) is 0 Å². The van der Waals surface area contributed by atoms with Crippen molar-refractivity contribution in [2.24, 2.45) is 0 Å². The number of rotatable bonds is 6. The van der Waals surface area contributed by atoms with E-state index >= 15 is 0 Å². The van der Waals surface area contributed by atoms with Gasteiger partial charge in [-0.2, -0.15) is 13.2 Å². The van der Waals surface area contributed by atoms with Crippen LogP contribution in [0.25, 0.3) is 11.1 Å². The number of hydrogen-bond acceptors (Lipinski definition) is 6. The molecule has 10 heteroatoms. The Bertz CT molecular complexity index is 1080. The maximum atomic E-state index is 12.9. The summed E-state index contributed by atoms with van der Waals surface area (Å²) in [5.74, 6) is -0.388. The van der Waals surface area contributed by atoms with Crippen LogP contribution in [0, 0.1) is 6.92 Å². The van der Waals surface area contributed by atoms with Gasteiger partial charge in [-0.05, 0) is 31.5 Å². The Hall–Kier alpha value is -3.30. The Labute approximate surface area is 162 Å². The van der Waals surface area contributed by atoms with E-state index in [-0.39, 0.29) is 41.3 Å². The number of fused-ring (bicyclic) bond motifs is 1. The van der Waals surface area contributed by atoms with Gasteiger partial charge in [0.2, 0.25) is 5.71 Å². The maximum absolute atomic E-state index is 12.9. The fourth-order valence-corrected chi connectivity index (χ4v) is 2.75. The number of alkyl halides is 3. The Kier molecular flexibility index (Phi) is 5.62. The second-order valence-electron chi connectivity index (χ2n) is 6.16. The number of carbonyl (C=O) groups excluding carboxylic acids is 1. The summed E-state index contributed by atoms with van der Waals surface area (Å²) < 4.78 is 52.9. The van der Waals surface area contributed by atoms with E-state index < -0.39 is 24.3 Å². The molecule has 0 amide bonds. The first-order valence-corrected chi connectivity index (χ1v) is 8.63. The van der Waals surface area contributed by atoms with Crippen LogP contribution in [0.5, 0.6) is 5.75 Å². The molecule has 0 aliphatic carbocycles. The van der Waals surface area contributed by atoms with Gasteiger partial charge < -0.3 is 13.9 Å². The number of halogens is 3. The van der Waals surface area contributed by atoms with Crippen LogP contribution in [0.3, 0.4) is 0 Å². The normalized spacial score (nSPS) is 11.6. The molecule has 0 N–H and O–H groups in total. The Balaban J connectivity index is 1.87. The predicted molar refractivity (Wildman–Crippen MR) is 96.1 cm³/mol. The number of benzene rings is 1. The van der Waals surface area contributed by atoms with Gasteiger partial charge >= 0.3 is 12.1 Å². The molecule has 0 spiro atoms. The second-order valence-corrected chi connectivity index (χ2v) is 6.16. The topological polar surface area (TPSA) is 83.6 Å². The molecule has 1 aromatic carbocycles. The van der Waals surface area contributed by atoms with Crippen LogP contribution < -0.4 is 10.3 Å². The van der Waals surface area contributed by atoms with Crippen LogP contribution in [-0.4, -0.2) is 34.9 Å². The minimum atomic E-state index is -4.42. The predicted octanol–water partition coefficient (Wildman–Crippen LogP) is 3.46. The molecule has 0 fully saturated rings. The SMILES string of the molecule is CCOC(=O)c1c(C)oc2ncn(Cc3ccc(OCC(F)(F)F)cc3)c(=O)c12. The largest absolute Gasteiger partial charge is 0.484 e. The van der Waals surface area contributed by atoms with E-state index in [1.54, 1.807) is 6.92 Å². The lowest BCUT2D eigenvalue weighted by Crippen LogP contribution is -2.22. The number of hydrogen-bond donors (Lipinski definition) is 0. The zero-order chi connectivity index (χ0) is 21.2. The molecular weight excluding hydrogens is 393 g/mol. The van der Waals surface area contributed by atoms with Gasteiger partial charge in [-0.25, -0.2) is 9.78 Å². The highest BCUT2D eigenvalue weighted by Crippen LogP contribution is 2.22. The zero-order valence-electron chi connectivity index (χ0n) is 15.6. The van der Waals surface area contributed by atoms with Crippen LogP contribution >= 0.6 is 0 Å². The van der Waals surface area contributed by atoms with Crippen molar-refractivity contribution in [3.8, 4) is 5.75 Å². The van der Waals surface area contributed by atoms with Crippen LogP contribution in [0.1, 0.15) is 28.6 Å². The zero-order valence-corrected chi connectivity index (χ0v) is 15.6. The summed E-state index contributed by atoms with van der Waals surface area (Å²) in [6.07, 6.45) is -3.15. The number of aryl methyl sites for hydroxylation is 1. The van der Waals surface area contributed by atoms with E-state index in [9.17, 15) is 22.8 Å². The van der Waals surface area contributed by atoms with Gasteiger partial charge in [-0.3, -0.25) is 9.36 Å². The molecular formula is C19H17F3N2O5. The minimum Gasteiger partial charge on any atom is -0.484 e. The van der Waals surface area contributed by atoms with E-state index in [1.165, 1.54) is 42.1 Å². The first-order chi connectivity index (χ1) is 13.7. The molecule has 0 aliphatic heterocycles. The Morgan fingerprint density at radius 2 is 1.93 bits per heavy atom. The summed E-state index contributed by atoms with van der Waals surface area (Å²) in [5, 5.41) is 0.0218. The molecule has 0 aliphatic rings. The molecule has 3 aromatic rings. The average molecular weight is 410 g/mol. The van der Waals surface area contributed by atoms with Crippen molar-refractivity contribution in [2.45, 2.75) is 26.6 Å². The third kappa shape index (κ3) is 4.58. The van der Waals surface area contributed by atoms with Gasteiger partial charge in [0.25, 0.3) is 5.56 Å². The van der Waals surface area contributed by atoms with Gasteiger partial charge in [0.1, 0.15) is 28.8 Å². The second kappa shape index (κ2) is 7.98. The number of ether oxygens (including phenoxy) is 2. The van der Waals surface area contributed by atoms with Gasteiger partial charge in [0, 0.05) is 0 Å². The summed E-state index contributed by atoms with van der Waals surface area (Å²) in [5.41, 5.74) is 0.199. The van der Waals surface area contributed by atoms with Crippen molar-refractivity contribution in [3.05, 3.63) is 57.8 Å². The van der Waals surface area contributed by atoms with Crippen LogP contribution in [0.4, 0.5) is 13.2 Å². The molecule has 29 heavy (non-hydrogen) atoms. The highest BCUT2D eigenvalue weighted by Gasteiger charge is 2.28. The molecule has 7 nitrogen and oxygen atoms in total. The molecule has 0 radical (unpaired) electrons. The smallest absolute Gasteiger partial charge is 0.422 e. The molecule has 0 saturated carbocycles. The molecule has 0 saturated heterocycles. The van der Waals surface area contributed by atoms with Crippen LogP contribution in [-0.2, 0) is 11.3 Å². The lowest BCUT2D eigenvalue weighted by Gasteiger charge is -2.10. The third-order valence-corrected chi connectivity index (χ3v) is 4.01. The lowest BCUT2D eigenvalue weighted by molar-refractivity contribution is -0.153. The fraction of sp³-hybridized carbons (Fsp3) is 0.316. The van der Waals surface area contributed by atoms with Gasteiger partial charge in [-0.15, -0.1) is 0 Å². The van der Waals surface area contributed by atoms with E-state index in [0.717, 1.165) is 0 Å². The molecule has 0 bridgehead atoms. The monoisotopic (exact) mass is 410 g/mol. The molecule has 2 heterocycles. The number of carbonyl (C=O) groups is 1. The average Bonchev–Trinajstić information content (AvgIpc) is 3.00. The maximum Gasteiger partial charge on any atom is 0.422 e. The summed E-state index contributed by atoms with van der Waals surface area (Å²) >= 11 is 0. The summed E-state index contributed by atoms with van der Waals surface area (Å²) in [7, 11) is 0. The highest BCUT2D eigenvalue weighted by atomic mass is 19.4. The molecule has 0 unspecified atom stereocenters. The molecule has 2 aromatic heterocycles. The third-order valence-electron chi connectivity index (χ3n) is 4.01. The van der Waals surface area contributed by atoms with E-state index in [0.29, 0.717) is 5.56 Å². The van der Waals surface area contributed by atoms with Gasteiger partial charge in [0.05, 0.1) is 13.2 Å². The standard InChI is InChI=1S/C19H17F3N2O5/c1-3-27-18(26)14-11(2)29-16-15(14)17(25)24(10-23-16)8-12-4-6-13(7-5-12)28-9-19(20,21)22/h4-7,10H,3,8-9H2,1-2H3. The van der Waals surface area contributed by atoms with Crippen molar-refractivity contribution < 1.29 is 31.9 Å². The van der Waals surface area contributed by atoms with Gasteiger partial charge in [-0.1, -0.05) is 12.1 Å². The molecule has 3 rings (SSSR count). The van der Waals surface area contributed by atoms with Crippen molar-refractivity contribution >= 4 is 17.1 Å². The fourth-order valence-electron chi connectivity index (χ4n) is 2.75. The first kappa shape index (κ1) is 20.4. The van der Waals surface area contributed by atoms with Crippen molar-refractivity contribution in [1.82, 2.24) is 9.55 Å². The summed E-state index contributed by atoms with van der Waals surface area (Å²) in [6.45, 7) is 2.03. The number of furan rings is 1. The Morgan fingerprint density at radius 3 is 2.55 bits per heavy atom. The minimum absolute atomic E-state index is 0.0218. The quantitative estimate of drug-likeness (QED) is 0.579. The number of nitrogens with zero attached hydrogens (tertiary/aromatic N) is 2. The van der Waals surface area contributed by atoms with Gasteiger partial charge in [0.15, 0.2) is 6.61 Å². The van der Waals surface area contributed by atoms with Crippen molar-refractivity contribution in [3.63, 3.8) is 0 Å². The summed E-state index contributed by atoms with van der Waals surface area (Å²) in [6, 6.07) is 5.83. The van der Waals surface area contributed by atoms with E-state index in [1.807, 2.05) is 0 Å². The van der Waals surface area contributed by atoms with Crippen LogP contribution in [0.15, 0.2) is 39.8 Å². The molecule has 154 valence electrons. The van der Waals surface area contributed by atoms with Crippen molar-refractivity contribution in [1.29, 1.82) is 0 Å². The summed E-state index contributed by atoms with van der Waals surface area (Å²) in [4.78, 5) is 29.1. The number of aromatic nitrogens is 2. The first-order valence-electron chi connectivity index (χ1n) is 8.63.